The average molecular weight is 451 g/mol. The zero-order chi connectivity index (χ0) is 23.1. The predicted octanol–water partition coefficient (Wildman–Crippen LogP) is 4.29. The summed E-state index contributed by atoms with van der Waals surface area (Å²) in [5.41, 5.74) is 9.47. The van der Waals surface area contributed by atoms with Crippen molar-refractivity contribution in [2.45, 2.75) is 51.9 Å². The van der Waals surface area contributed by atoms with E-state index in [9.17, 15) is 4.79 Å². The van der Waals surface area contributed by atoms with Gasteiger partial charge in [-0.2, -0.15) is 0 Å². The third-order valence-corrected chi connectivity index (χ3v) is 7.51. The lowest BCUT2D eigenvalue weighted by atomic mass is 9.89. The third kappa shape index (κ3) is 4.05. The molecule has 1 amide bonds. The van der Waals surface area contributed by atoms with Gasteiger partial charge in [0.2, 0.25) is 5.91 Å². The van der Waals surface area contributed by atoms with Crippen molar-refractivity contribution in [3.05, 3.63) is 99.9 Å². The van der Waals surface area contributed by atoms with E-state index < -0.39 is 0 Å². The molecule has 0 N–H and O–H groups in total. The molecule has 5 nitrogen and oxygen atoms in total. The minimum absolute atomic E-state index is 0.276. The number of rotatable bonds is 4. The van der Waals surface area contributed by atoms with E-state index in [-0.39, 0.29) is 5.91 Å². The smallest absolute Gasteiger partial charge is 0.227 e. The van der Waals surface area contributed by atoms with Gasteiger partial charge >= 0.3 is 0 Å². The van der Waals surface area contributed by atoms with Crippen LogP contribution in [0, 0.1) is 6.92 Å². The van der Waals surface area contributed by atoms with Crippen molar-refractivity contribution in [3.63, 3.8) is 0 Å². The Labute approximate surface area is 201 Å². The summed E-state index contributed by atoms with van der Waals surface area (Å²) in [6, 6.07) is 19.7. The lowest BCUT2D eigenvalue weighted by Crippen LogP contribution is -2.49. The van der Waals surface area contributed by atoms with Crippen LogP contribution >= 0.6 is 0 Å². The molecule has 2 aromatic carbocycles. The van der Waals surface area contributed by atoms with Crippen LogP contribution in [0.15, 0.2) is 65.8 Å². The van der Waals surface area contributed by atoms with Gasteiger partial charge in [0.05, 0.1) is 18.7 Å². The lowest BCUT2D eigenvalue weighted by Gasteiger charge is -2.41. The number of likely N-dealkylation sites (tertiary alicyclic amines) is 1. The van der Waals surface area contributed by atoms with Crippen LogP contribution in [0.5, 0.6) is 0 Å². The SMILES string of the molecule is Cc1cc(C2=NCc3cc4c(cc32)CN(C2CCN(Cc3ccccc3)CC2)C(=O)C4)ccn1. The number of aliphatic imine (C=N–C) groups is 1. The van der Waals surface area contributed by atoms with E-state index in [0.717, 1.165) is 49.4 Å². The number of aryl methyl sites for hydroxylation is 1. The van der Waals surface area contributed by atoms with E-state index >= 15 is 0 Å². The molecule has 1 fully saturated rings. The van der Waals surface area contributed by atoms with Crippen molar-refractivity contribution in [3.8, 4) is 0 Å². The molecule has 0 spiro atoms. The monoisotopic (exact) mass is 450 g/mol. The summed E-state index contributed by atoms with van der Waals surface area (Å²) >= 11 is 0. The lowest BCUT2D eigenvalue weighted by molar-refractivity contribution is -0.135. The van der Waals surface area contributed by atoms with E-state index in [1.54, 1.807) is 0 Å². The van der Waals surface area contributed by atoms with E-state index in [1.165, 1.54) is 27.8 Å². The first-order valence-corrected chi connectivity index (χ1v) is 12.3. The fourth-order valence-electron chi connectivity index (χ4n) is 5.69. The summed E-state index contributed by atoms with van der Waals surface area (Å²) in [7, 11) is 0. The molecule has 0 aliphatic carbocycles. The number of amides is 1. The number of carbonyl (C=O) groups is 1. The quantitative estimate of drug-likeness (QED) is 0.596. The van der Waals surface area contributed by atoms with E-state index in [2.05, 4.69) is 63.3 Å². The summed E-state index contributed by atoms with van der Waals surface area (Å²) in [5.74, 6) is 0.276. The van der Waals surface area contributed by atoms with Crippen molar-refractivity contribution in [1.82, 2.24) is 14.8 Å². The summed E-state index contributed by atoms with van der Waals surface area (Å²) in [6.45, 7) is 6.50. The highest BCUT2D eigenvalue weighted by molar-refractivity contribution is 6.15. The van der Waals surface area contributed by atoms with Crippen molar-refractivity contribution >= 4 is 11.6 Å². The molecular weight excluding hydrogens is 420 g/mol. The molecule has 0 atom stereocenters. The van der Waals surface area contributed by atoms with Gasteiger partial charge in [-0.05, 0) is 60.2 Å². The Morgan fingerprint density at radius 3 is 2.59 bits per heavy atom. The van der Waals surface area contributed by atoms with Gasteiger partial charge in [-0.3, -0.25) is 19.7 Å². The zero-order valence-corrected chi connectivity index (χ0v) is 19.7. The molecule has 5 heteroatoms. The van der Waals surface area contributed by atoms with Gasteiger partial charge in [0.1, 0.15) is 0 Å². The van der Waals surface area contributed by atoms with Crippen LogP contribution in [-0.4, -0.2) is 45.5 Å². The molecule has 0 unspecified atom stereocenters. The van der Waals surface area contributed by atoms with E-state index in [1.807, 2.05) is 19.2 Å². The maximum atomic E-state index is 13.1. The van der Waals surface area contributed by atoms with Gasteiger partial charge in [0, 0.05) is 55.2 Å². The molecular formula is C29H30N4O. The number of fused-ring (bicyclic) bond motifs is 2. The first kappa shape index (κ1) is 21.2. The normalized spacial score (nSPS) is 18.6. The van der Waals surface area contributed by atoms with E-state index in [0.29, 0.717) is 25.6 Å². The maximum absolute atomic E-state index is 13.1. The second-order valence-corrected chi connectivity index (χ2v) is 9.82. The Hall–Kier alpha value is -3.31. The number of carbonyl (C=O) groups excluding carboxylic acids is 1. The van der Waals surface area contributed by atoms with Gasteiger partial charge < -0.3 is 4.90 Å². The van der Waals surface area contributed by atoms with Crippen LogP contribution in [-0.2, 0) is 30.8 Å². The number of hydrogen-bond donors (Lipinski definition) is 0. The molecule has 34 heavy (non-hydrogen) atoms. The molecule has 0 radical (unpaired) electrons. The predicted molar refractivity (Wildman–Crippen MR) is 134 cm³/mol. The molecule has 4 heterocycles. The minimum Gasteiger partial charge on any atom is -0.335 e. The highest BCUT2D eigenvalue weighted by Crippen LogP contribution is 2.32. The van der Waals surface area contributed by atoms with Gasteiger partial charge in [-0.15, -0.1) is 0 Å². The Kier molecular flexibility index (Phi) is 5.50. The molecule has 1 saturated heterocycles. The highest BCUT2D eigenvalue weighted by atomic mass is 16.2. The number of pyridine rings is 1. The average Bonchev–Trinajstić information content (AvgIpc) is 3.26. The first-order chi connectivity index (χ1) is 16.6. The number of piperidine rings is 1. The van der Waals surface area contributed by atoms with E-state index in [4.69, 9.17) is 4.99 Å². The standard InChI is InChI=1S/C29H30N4O/c1-20-13-22(7-10-30-20)29-27-15-25-19-33(28(34)16-23(25)14-24(27)17-31-29)26-8-11-32(12-9-26)18-21-5-3-2-4-6-21/h2-7,10,13-15,26H,8-9,11-12,16-19H2,1H3. The van der Waals surface area contributed by atoms with Crippen LogP contribution in [0.4, 0.5) is 0 Å². The fraction of sp³-hybridized carbons (Fsp3) is 0.345. The second-order valence-electron chi connectivity index (χ2n) is 9.82. The second kappa shape index (κ2) is 8.80. The van der Waals surface area contributed by atoms with Crippen molar-refractivity contribution in [1.29, 1.82) is 0 Å². The summed E-state index contributed by atoms with van der Waals surface area (Å²) in [5, 5.41) is 0. The topological polar surface area (TPSA) is 48.8 Å². The number of benzene rings is 2. The van der Waals surface area contributed by atoms with Crippen LogP contribution in [0.25, 0.3) is 0 Å². The Bertz CT molecular complexity index is 1260. The molecule has 3 aliphatic heterocycles. The summed E-state index contributed by atoms with van der Waals surface area (Å²) < 4.78 is 0. The summed E-state index contributed by atoms with van der Waals surface area (Å²) in [6.07, 6.45) is 4.45. The molecule has 1 aromatic heterocycles. The Balaban J connectivity index is 1.17. The minimum atomic E-state index is 0.276. The van der Waals surface area contributed by atoms with Crippen LogP contribution in [0.1, 0.15) is 51.9 Å². The number of hydrogen-bond acceptors (Lipinski definition) is 4. The number of nitrogens with zero attached hydrogens (tertiary/aromatic N) is 4. The molecule has 0 bridgehead atoms. The van der Waals surface area contributed by atoms with Crippen LogP contribution in [0.3, 0.4) is 0 Å². The molecule has 172 valence electrons. The third-order valence-electron chi connectivity index (χ3n) is 7.51. The molecule has 6 rings (SSSR count). The van der Waals surface area contributed by atoms with Gasteiger partial charge in [-0.25, -0.2) is 0 Å². The largest absolute Gasteiger partial charge is 0.335 e. The summed E-state index contributed by atoms with van der Waals surface area (Å²) in [4.78, 5) is 27.0. The van der Waals surface area contributed by atoms with Crippen molar-refractivity contribution in [2.24, 2.45) is 4.99 Å². The first-order valence-electron chi connectivity index (χ1n) is 12.3. The fourth-order valence-corrected chi connectivity index (χ4v) is 5.69. The Morgan fingerprint density at radius 2 is 1.79 bits per heavy atom. The van der Waals surface area contributed by atoms with Gasteiger partial charge in [0.15, 0.2) is 0 Å². The van der Waals surface area contributed by atoms with Crippen LogP contribution in [0.2, 0.25) is 0 Å². The molecule has 3 aliphatic rings. The Morgan fingerprint density at radius 1 is 0.971 bits per heavy atom. The van der Waals surface area contributed by atoms with Crippen molar-refractivity contribution in [2.75, 3.05) is 13.1 Å². The molecule has 3 aromatic rings. The zero-order valence-electron chi connectivity index (χ0n) is 19.7. The van der Waals surface area contributed by atoms with Gasteiger partial charge in [-0.1, -0.05) is 36.4 Å². The highest BCUT2D eigenvalue weighted by Gasteiger charge is 2.33. The van der Waals surface area contributed by atoms with Crippen molar-refractivity contribution < 1.29 is 4.79 Å². The molecule has 0 saturated carbocycles. The maximum Gasteiger partial charge on any atom is 0.227 e. The van der Waals surface area contributed by atoms with Crippen LogP contribution < -0.4 is 0 Å². The van der Waals surface area contributed by atoms with Gasteiger partial charge in [0.25, 0.3) is 0 Å². The number of aromatic nitrogens is 1.